The van der Waals surface area contributed by atoms with E-state index in [-0.39, 0.29) is 5.88 Å². The molecule has 1 aliphatic rings. The van der Waals surface area contributed by atoms with Gasteiger partial charge in [-0.2, -0.15) is 13.2 Å². The SMILES string of the molecule is O=C(O)c1nc2n(c1OCC(F)(F)F)CCCC2. The van der Waals surface area contributed by atoms with Gasteiger partial charge in [0.05, 0.1) is 0 Å². The molecule has 0 radical (unpaired) electrons. The van der Waals surface area contributed by atoms with Crippen molar-refractivity contribution in [2.45, 2.75) is 32.0 Å². The van der Waals surface area contributed by atoms with Crippen molar-refractivity contribution in [3.63, 3.8) is 0 Å². The van der Waals surface area contributed by atoms with Crippen LogP contribution in [-0.2, 0) is 13.0 Å². The summed E-state index contributed by atoms with van der Waals surface area (Å²) in [6.45, 7) is -1.08. The van der Waals surface area contributed by atoms with Gasteiger partial charge in [-0.05, 0) is 12.8 Å². The number of ether oxygens (including phenoxy) is 1. The molecule has 100 valence electrons. The van der Waals surface area contributed by atoms with E-state index < -0.39 is 24.4 Å². The minimum Gasteiger partial charge on any atom is -0.476 e. The third-order valence-corrected chi connectivity index (χ3v) is 2.61. The average Bonchev–Trinajstić information content (AvgIpc) is 2.64. The Hall–Kier alpha value is -1.73. The zero-order valence-corrected chi connectivity index (χ0v) is 9.33. The number of carbonyl (C=O) groups is 1. The molecule has 0 saturated carbocycles. The first kappa shape index (κ1) is 12.7. The summed E-state index contributed by atoms with van der Waals surface area (Å²) in [5.74, 6) is -1.21. The number of nitrogens with zero attached hydrogens (tertiary/aromatic N) is 2. The van der Waals surface area contributed by atoms with Gasteiger partial charge in [-0.25, -0.2) is 9.78 Å². The largest absolute Gasteiger partial charge is 0.476 e. The van der Waals surface area contributed by atoms with Crippen LogP contribution in [-0.4, -0.2) is 33.4 Å². The van der Waals surface area contributed by atoms with E-state index in [1.165, 1.54) is 4.57 Å². The molecule has 0 bridgehead atoms. The van der Waals surface area contributed by atoms with Gasteiger partial charge in [0, 0.05) is 13.0 Å². The predicted octanol–water partition coefficient (Wildman–Crippen LogP) is 1.86. The lowest BCUT2D eigenvalue weighted by Crippen LogP contribution is -2.22. The number of aromatic nitrogens is 2. The molecule has 0 unspecified atom stereocenters. The first-order valence-electron chi connectivity index (χ1n) is 5.41. The summed E-state index contributed by atoms with van der Waals surface area (Å²) < 4.78 is 42.3. The Balaban J connectivity index is 2.31. The molecule has 18 heavy (non-hydrogen) atoms. The Morgan fingerprint density at radius 2 is 2.17 bits per heavy atom. The fourth-order valence-electron chi connectivity index (χ4n) is 1.89. The van der Waals surface area contributed by atoms with Crippen molar-refractivity contribution in [3.8, 4) is 5.88 Å². The first-order valence-corrected chi connectivity index (χ1v) is 5.41. The van der Waals surface area contributed by atoms with E-state index in [0.717, 1.165) is 12.8 Å². The second-order valence-corrected chi connectivity index (χ2v) is 4.00. The van der Waals surface area contributed by atoms with Crippen molar-refractivity contribution in [1.82, 2.24) is 9.55 Å². The normalized spacial score (nSPS) is 15.3. The van der Waals surface area contributed by atoms with Crippen LogP contribution in [0.25, 0.3) is 0 Å². The summed E-state index contributed by atoms with van der Waals surface area (Å²) in [6.07, 6.45) is -2.34. The molecule has 0 spiro atoms. The number of hydrogen-bond donors (Lipinski definition) is 1. The van der Waals surface area contributed by atoms with E-state index in [1.54, 1.807) is 0 Å². The fraction of sp³-hybridized carbons (Fsp3) is 0.600. The van der Waals surface area contributed by atoms with Crippen LogP contribution in [0.1, 0.15) is 29.2 Å². The number of carboxylic acid groups (broad SMARTS) is 1. The van der Waals surface area contributed by atoms with Gasteiger partial charge in [-0.1, -0.05) is 0 Å². The number of aryl methyl sites for hydroxylation is 1. The van der Waals surface area contributed by atoms with E-state index >= 15 is 0 Å². The van der Waals surface area contributed by atoms with Crippen molar-refractivity contribution >= 4 is 5.97 Å². The van der Waals surface area contributed by atoms with Gasteiger partial charge in [-0.3, -0.25) is 4.57 Å². The maximum Gasteiger partial charge on any atom is 0.422 e. The van der Waals surface area contributed by atoms with Crippen molar-refractivity contribution in [1.29, 1.82) is 0 Å². The molecule has 0 aliphatic carbocycles. The summed E-state index contributed by atoms with van der Waals surface area (Å²) >= 11 is 0. The second-order valence-electron chi connectivity index (χ2n) is 4.00. The van der Waals surface area contributed by atoms with Crippen molar-refractivity contribution in [2.75, 3.05) is 6.61 Å². The Bertz CT molecular complexity index is 468. The number of halogens is 3. The number of rotatable bonds is 3. The Morgan fingerprint density at radius 1 is 1.44 bits per heavy atom. The third-order valence-electron chi connectivity index (χ3n) is 2.61. The number of carboxylic acids is 1. The highest BCUT2D eigenvalue weighted by atomic mass is 19.4. The maximum absolute atomic E-state index is 12.1. The first-order chi connectivity index (χ1) is 8.38. The molecule has 0 fully saturated rings. The molecule has 1 aromatic rings. The maximum atomic E-state index is 12.1. The van der Waals surface area contributed by atoms with Crippen LogP contribution < -0.4 is 4.74 Å². The highest BCUT2D eigenvalue weighted by Gasteiger charge is 2.32. The van der Waals surface area contributed by atoms with E-state index in [4.69, 9.17) is 5.11 Å². The van der Waals surface area contributed by atoms with Gasteiger partial charge in [-0.15, -0.1) is 0 Å². The molecule has 1 aliphatic heterocycles. The van der Waals surface area contributed by atoms with E-state index in [0.29, 0.717) is 18.8 Å². The quantitative estimate of drug-likeness (QED) is 0.905. The second kappa shape index (κ2) is 4.51. The molecular formula is C10H11F3N2O3. The molecule has 1 N–H and O–H groups in total. The lowest BCUT2D eigenvalue weighted by Gasteiger charge is -2.17. The molecule has 2 heterocycles. The average molecular weight is 264 g/mol. The fourth-order valence-corrected chi connectivity index (χ4v) is 1.89. The third kappa shape index (κ3) is 2.57. The summed E-state index contributed by atoms with van der Waals surface area (Å²) in [4.78, 5) is 14.7. The van der Waals surface area contributed by atoms with Crippen LogP contribution in [0, 0.1) is 0 Å². The molecule has 1 aromatic heterocycles. The highest BCUT2D eigenvalue weighted by molar-refractivity contribution is 5.88. The molecule has 5 nitrogen and oxygen atoms in total. The van der Waals surface area contributed by atoms with Gasteiger partial charge < -0.3 is 9.84 Å². The number of aromatic carboxylic acids is 1. The summed E-state index contributed by atoms with van der Waals surface area (Å²) in [6, 6.07) is 0. The van der Waals surface area contributed by atoms with Crippen LogP contribution in [0.5, 0.6) is 5.88 Å². The summed E-state index contributed by atoms with van der Waals surface area (Å²) in [7, 11) is 0. The van der Waals surface area contributed by atoms with Crippen LogP contribution in [0.4, 0.5) is 13.2 Å². The minimum atomic E-state index is -4.50. The molecule has 0 amide bonds. The standard InChI is InChI=1S/C10H11F3N2O3/c11-10(12,13)5-18-8-7(9(16)17)14-6-3-1-2-4-15(6)8/h1-5H2,(H,16,17). The number of fused-ring (bicyclic) bond motifs is 1. The Kier molecular flexibility index (Phi) is 3.18. The lowest BCUT2D eigenvalue weighted by atomic mass is 10.2. The number of alkyl halides is 3. The van der Waals surface area contributed by atoms with E-state index in [1.807, 2.05) is 0 Å². The number of imidazole rings is 1. The predicted molar refractivity (Wildman–Crippen MR) is 53.7 cm³/mol. The highest BCUT2D eigenvalue weighted by Crippen LogP contribution is 2.27. The zero-order chi connectivity index (χ0) is 13.3. The lowest BCUT2D eigenvalue weighted by molar-refractivity contribution is -0.154. The molecule has 0 aromatic carbocycles. The monoisotopic (exact) mass is 264 g/mol. The molecule has 0 saturated heterocycles. The van der Waals surface area contributed by atoms with Gasteiger partial charge in [0.1, 0.15) is 5.82 Å². The smallest absolute Gasteiger partial charge is 0.422 e. The van der Waals surface area contributed by atoms with Gasteiger partial charge >= 0.3 is 12.1 Å². The zero-order valence-electron chi connectivity index (χ0n) is 9.33. The van der Waals surface area contributed by atoms with E-state index in [9.17, 15) is 18.0 Å². The van der Waals surface area contributed by atoms with E-state index in [2.05, 4.69) is 9.72 Å². The number of hydrogen-bond acceptors (Lipinski definition) is 3. The van der Waals surface area contributed by atoms with Gasteiger partial charge in [0.15, 0.2) is 6.61 Å². The van der Waals surface area contributed by atoms with Gasteiger partial charge in [0.2, 0.25) is 11.6 Å². The Labute approximate surface area is 100 Å². The van der Waals surface area contributed by atoms with Crippen LogP contribution in [0.15, 0.2) is 0 Å². The molecule has 8 heteroatoms. The molecular weight excluding hydrogens is 253 g/mol. The molecule has 2 rings (SSSR count). The van der Waals surface area contributed by atoms with Crippen LogP contribution >= 0.6 is 0 Å². The van der Waals surface area contributed by atoms with Crippen molar-refractivity contribution < 1.29 is 27.8 Å². The topological polar surface area (TPSA) is 64.3 Å². The Morgan fingerprint density at radius 3 is 2.78 bits per heavy atom. The molecule has 0 atom stereocenters. The van der Waals surface area contributed by atoms with Crippen molar-refractivity contribution in [2.24, 2.45) is 0 Å². The van der Waals surface area contributed by atoms with Crippen LogP contribution in [0.3, 0.4) is 0 Å². The minimum absolute atomic E-state index is 0.297. The van der Waals surface area contributed by atoms with Gasteiger partial charge in [0.25, 0.3) is 0 Å². The van der Waals surface area contributed by atoms with Crippen molar-refractivity contribution in [3.05, 3.63) is 11.5 Å². The summed E-state index contributed by atoms with van der Waals surface area (Å²) in [5, 5.41) is 8.91. The summed E-state index contributed by atoms with van der Waals surface area (Å²) in [5.41, 5.74) is -0.448. The van der Waals surface area contributed by atoms with Crippen LogP contribution in [0.2, 0.25) is 0 Å².